The molecule has 0 amide bonds. The van der Waals surface area contributed by atoms with Gasteiger partial charge in [0.25, 0.3) is 0 Å². The number of methoxy groups -OCH3 is 1. The van der Waals surface area contributed by atoms with Crippen molar-refractivity contribution in [3.05, 3.63) is 77.4 Å². The normalized spacial score (nSPS) is 12.1. The molecule has 1 aromatic heterocycles. The number of ether oxygens (including phenoxy) is 1. The van der Waals surface area contributed by atoms with Gasteiger partial charge in [-0.15, -0.1) is 0 Å². The molecule has 0 bridgehead atoms. The highest BCUT2D eigenvalue weighted by Gasteiger charge is 2.19. The topological polar surface area (TPSA) is 48.2 Å². The van der Waals surface area contributed by atoms with Gasteiger partial charge in [0.15, 0.2) is 5.82 Å². The molecule has 0 spiro atoms. The van der Waals surface area contributed by atoms with Gasteiger partial charge in [-0.25, -0.2) is 0 Å². The molecule has 3 aromatic rings. The molecular formula is C18H18N2O2. The lowest BCUT2D eigenvalue weighted by Crippen LogP contribution is -2.07. The predicted molar refractivity (Wildman–Crippen MR) is 84.0 cm³/mol. The second kappa shape index (κ2) is 6.43. The van der Waals surface area contributed by atoms with E-state index >= 15 is 0 Å². The van der Waals surface area contributed by atoms with Gasteiger partial charge in [-0.2, -0.15) is 4.98 Å². The molecule has 1 atom stereocenters. The molecule has 0 aliphatic carbocycles. The van der Waals surface area contributed by atoms with E-state index in [1.807, 2.05) is 24.3 Å². The maximum absolute atomic E-state index is 5.22. The maximum atomic E-state index is 5.22. The Hall–Kier alpha value is -2.62. The Bertz CT molecular complexity index is 704. The first kappa shape index (κ1) is 14.3. The fourth-order valence-corrected chi connectivity index (χ4v) is 2.49. The molecule has 0 saturated carbocycles. The molecule has 4 nitrogen and oxygen atoms in total. The van der Waals surface area contributed by atoms with E-state index in [0.717, 1.165) is 17.7 Å². The van der Waals surface area contributed by atoms with Crippen LogP contribution in [0.4, 0.5) is 0 Å². The van der Waals surface area contributed by atoms with Crippen LogP contribution in [-0.2, 0) is 6.42 Å². The largest absolute Gasteiger partial charge is 0.497 e. The quantitative estimate of drug-likeness (QED) is 0.719. The molecule has 0 fully saturated rings. The van der Waals surface area contributed by atoms with E-state index in [9.17, 15) is 0 Å². The minimum atomic E-state index is 0.0624. The Balaban J connectivity index is 1.91. The van der Waals surface area contributed by atoms with Crippen molar-refractivity contribution in [2.45, 2.75) is 19.3 Å². The summed E-state index contributed by atoms with van der Waals surface area (Å²) >= 11 is 0. The summed E-state index contributed by atoms with van der Waals surface area (Å²) < 4.78 is 10.2. The molecule has 0 aliphatic heterocycles. The molecule has 1 heterocycles. The van der Waals surface area contributed by atoms with E-state index in [1.54, 1.807) is 7.11 Å². The average Bonchev–Trinajstić information content (AvgIpc) is 3.09. The van der Waals surface area contributed by atoms with Gasteiger partial charge in [0.2, 0.25) is 6.39 Å². The monoisotopic (exact) mass is 294 g/mol. The number of rotatable bonds is 5. The summed E-state index contributed by atoms with van der Waals surface area (Å²) in [4.78, 5) is 4.24. The highest BCUT2D eigenvalue weighted by molar-refractivity contribution is 5.34. The van der Waals surface area contributed by atoms with Crippen LogP contribution in [0.3, 0.4) is 0 Å². The molecule has 0 N–H and O–H groups in total. The van der Waals surface area contributed by atoms with E-state index in [1.165, 1.54) is 17.5 Å². The van der Waals surface area contributed by atoms with Crippen molar-refractivity contribution in [3.8, 4) is 5.75 Å². The van der Waals surface area contributed by atoms with Crippen LogP contribution in [0, 0.1) is 6.92 Å². The Kier molecular flexibility index (Phi) is 4.19. The Labute approximate surface area is 129 Å². The molecule has 0 saturated heterocycles. The molecule has 4 heteroatoms. The Morgan fingerprint density at radius 1 is 1.05 bits per heavy atom. The van der Waals surface area contributed by atoms with Crippen molar-refractivity contribution in [2.24, 2.45) is 0 Å². The summed E-state index contributed by atoms with van der Waals surface area (Å²) in [5, 5.41) is 4.03. The van der Waals surface area contributed by atoms with Gasteiger partial charge >= 0.3 is 0 Å². The number of hydrogen-bond donors (Lipinski definition) is 0. The number of aromatic nitrogens is 2. The standard InChI is InChI=1S/C18H18N2O2/c1-13-3-5-14(6-4-13)11-17(18-19-12-22-20-18)15-7-9-16(21-2)10-8-15/h3-10,12,17H,11H2,1-2H3. The van der Waals surface area contributed by atoms with Gasteiger partial charge in [-0.05, 0) is 36.6 Å². The summed E-state index contributed by atoms with van der Waals surface area (Å²) in [6.45, 7) is 2.09. The van der Waals surface area contributed by atoms with E-state index in [4.69, 9.17) is 9.26 Å². The number of hydrogen-bond acceptors (Lipinski definition) is 4. The Morgan fingerprint density at radius 3 is 2.36 bits per heavy atom. The van der Waals surface area contributed by atoms with E-state index in [0.29, 0.717) is 5.82 Å². The van der Waals surface area contributed by atoms with Crippen LogP contribution in [-0.4, -0.2) is 17.3 Å². The molecule has 0 aliphatic rings. The first-order valence-corrected chi connectivity index (χ1v) is 7.22. The van der Waals surface area contributed by atoms with Crippen molar-refractivity contribution in [1.29, 1.82) is 0 Å². The highest BCUT2D eigenvalue weighted by atomic mass is 16.5. The molecule has 2 aromatic carbocycles. The lowest BCUT2D eigenvalue weighted by molar-refractivity contribution is 0.406. The van der Waals surface area contributed by atoms with Gasteiger partial charge in [0.05, 0.1) is 13.0 Å². The number of aryl methyl sites for hydroxylation is 1. The molecule has 0 radical (unpaired) electrons. The molecule has 22 heavy (non-hydrogen) atoms. The van der Waals surface area contributed by atoms with Gasteiger partial charge < -0.3 is 9.26 Å². The summed E-state index contributed by atoms with van der Waals surface area (Å²) in [5.41, 5.74) is 3.64. The van der Waals surface area contributed by atoms with Crippen molar-refractivity contribution < 1.29 is 9.26 Å². The highest BCUT2D eigenvalue weighted by Crippen LogP contribution is 2.27. The van der Waals surface area contributed by atoms with Gasteiger partial charge in [0.1, 0.15) is 5.75 Å². The first-order chi connectivity index (χ1) is 10.8. The van der Waals surface area contributed by atoms with Crippen molar-refractivity contribution in [2.75, 3.05) is 7.11 Å². The summed E-state index contributed by atoms with van der Waals surface area (Å²) in [5.74, 6) is 1.60. The van der Waals surface area contributed by atoms with Crippen molar-refractivity contribution in [3.63, 3.8) is 0 Å². The van der Waals surface area contributed by atoms with E-state index < -0.39 is 0 Å². The lowest BCUT2D eigenvalue weighted by atomic mass is 9.91. The van der Waals surface area contributed by atoms with Crippen LogP contribution in [0.5, 0.6) is 5.75 Å². The van der Waals surface area contributed by atoms with Gasteiger partial charge in [-0.1, -0.05) is 47.1 Å². The Morgan fingerprint density at radius 2 is 1.77 bits per heavy atom. The second-order valence-corrected chi connectivity index (χ2v) is 5.30. The van der Waals surface area contributed by atoms with Crippen LogP contribution < -0.4 is 4.74 Å². The number of nitrogens with zero attached hydrogens (tertiary/aromatic N) is 2. The van der Waals surface area contributed by atoms with Crippen LogP contribution in [0.2, 0.25) is 0 Å². The zero-order chi connectivity index (χ0) is 15.4. The third-order valence-electron chi connectivity index (χ3n) is 3.77. The van der Waals surface area contributed by atoms with Crippen LogP contribution >= 0.6 is 0 Å². The summed E-state index contributed by atoms with van der Waals surface area (Å²) in [7, 11) is 1.66. The van der Waals surface area contributed by atoms with E-state index in [-0.39, 0.29) is 5.92 Å². The van der Waals surface area contributed by atoms with E-state index in [2.05, 4.69) is 41.3 Å². The minimum absolute atomic E-state index is 0.0624. The number of benzene rings is 2. The van der Waals surface area contributed by atoms with Gasteiger partial charge in [-0.3, -0.25) is 0 Å². The van der Waals surface area contributed by atoms with Crippen LogP contribution in [0.25, 0.3) is 0 Å². The molecule has 1 unspecified atom stereocenters. The van der Waals surface area contributed by atoms with Crippen LogP contribution in [0.15, 0.2) is 59.4 Å². The summed E-state index contributed by atoms with van der Waals surface area (Å²) in [6, 6.07) is 16.5. The predicted octanol–water partition coefficient (Wildman–Crippen LogP) is 3.76. The van der Waals surface area contributed by atoms with Crippen molar-refractivity contribution in [1.82, 2.24) is 10.1 Å². The molecule has 112 valence electrons. The smallest absolute Gasteiger partial charge is 0.213 e. The fourth-order valence-electron chi connectivity index (χ4n) is 2.49. The summed E-state index contributed by atoms with van der Waals surface area (Å²) in [6.07, 6.45) is 2.20. The third-order valence-corrected chi connectivity index (χ3v) is 3.77. The zero-order valence-electron chi connectivity index (χ0n) is 12.7. The van der Waals surface area contributed by atoms with Crippen molar-refractivity contribution >= 4 is 0 Å². The second-order valence-electron chi connectivity index (χ2n) is 5.30. The SMILES string of the molecule is COc1ccc(C(Cc2ccc(C)cc2)c2ncon2)cc1. The fraction of sp³-hybridized carbons (Fsp3) is 0.222. The van der Waals surface area contributed by atoms with Gasteiger partial charge in [0, 0.05) is 0 Å². The van der Waals surface area contributed by atoms with Crippen LogP contribution in [0.1, 0.15) is 28.4 Å². The molecule has 3 rings (SSSR count). The zero-order valence-corrected chi connectivity index (χ0v) is 12.7. The molecular weight excluding hydrogens is 276 g/mol. The average molecular weight is 294 g/mol. The lowest BCUT2D eigenvalue weighted by Gasteiger charge is -2.14. The first-order valence-electron chi connectivity index (χ1n) is 7.22. The maximum Gasteiger partial charge on any atom is 0.213 e. The minimum Gasteiger partial charge on any atom is -0.497 e. The third kappa shape index (κ3) is 3.17.